The van der Waals surface area contributed by atoms with Crippen molar-refractivity contribution in [3.8, 4) is 0 Å². The van der Waals surface area contributed by atoms with Crippen LogP contribution in [0, 0.1) is 6.92 Å². The summed E-state index contributed by atoms with van der Waals surface area (Å²) in [4.78, 5) is 26.8. The molecule has 0 saturated carbocycles. The Hall–Kier alpha value is -3.07. The highest BCUT2D eigenvalue weighted by Gasteiger charge is 2.27. The first-order chi connectivity index (χ1) is 13.4. The summed E-state index contributed by atoms with van der Waals surface area (Å²) in [5, 5.41) is 11.2. The second-order valence-corrected chi connectivity index (χ2v) is 6.71. The van der Waals surface area contributed by atoms with Gasteiger partial charge in [-0.05, 0) is 42.8 Å². The van der Waals surface area contributed by atoms with Crippen molar-refractivity contribution in [3.05, 3.63) is 41.7 Å². The molecule has 148 valence electrons. The molecule has 9 heteroatoms. The molecule has 0 radical (unpaired) electrons. The lowest BCUT2D eigenvalue weighted by molar-refractivity contribution is -0.154. The number of aromatic nitrogens is 4. The zero-order valence-corrected chi connectivity index (χ0v) is 16.1. The van der Waals surface area contributed by atoms with Gasteiger partial charge in [0.25, 0.3) is 5.91 Å². The summed E-state index contributed by atoms with van der Waals surface area (Å²) in [6.07, 6.45) is 1.51. The van der Waals surface area contributed by atoms with E-state index >= 15 is 0 Å². The SMILES string of the molecule is Cc1nnnn1/C(=C\c1ccccc1)C(=O)OCC(=O)N1C[C@@H](C)O[C@@H](C)C1. The van der Waals surface area contributed by atoms with E-state index < -0.39 is 5.97 Å². The lowest BCUT2D eigenvalue weighted by Crippen LogP contribution is -2.49. The van der Waals surface area contributed by atoms with Crippen LogP contribution < -0.4 is 0 Å². The molecule has 1 saturated heterocycles. The number of hydrogen-bond donors (Lipinski definition) is 0. The molecule has 0 bridgehead atoms. The maximum absolute atomic E-state index is 12.7. The summed E-state index contributed by atoms with van der Waals surface area (Å²) in [6, 6.07) is 9.26. The normalized spacial score (nSPS) is 20.1. The number of carbonyl (C=O) groups excluding carboxylic acids is 2. The van der Waals surface area contributed by atoms with Gasteiger partial charge < -0.3 is 14.4 Å². The van der Waals surface area contributed by atoms with Crippen molar-refractivity contribution in [1.82, 2.24) is 25.1 Å². The first-order valence-corrected chi connectivity index (χ1v) is 9.06. The Morgan fingerprint density at radius 1 is 1.21 bits per heavy atom. The fraction of sp³-hybridized carbons (Fsp3) is 0.421. The van der Waals surface area contributed by atoms with Gasteiger partial charge in [0.15, 0.2) is 18.1 Å². The summed E-state index contributed by atoms with van der Waals surface area (Å²) >= 11 is 0. The minimum absolute atomic E-state index is 0.0548. The van der Waals surface area contributed by atoms with Crippen molar-refractivity contribution >= 4 is 23.6 Å². The zero-order valence-electron chi connectivity index (χ0n) is 16.1. The minimum Gasteiger partial charge on any atom is -0.451 e. The third-order valence-electron chi connectivity index (χ3n) is 4.26. The molecule has 2 heterocycles. The number of tetrazole rings is 1. The molecule has 2 aromatic rings. The maximum atomic E-state index is 12.7. The van der Waals surface area contributed by atoms with Gasteiger partial charge in [-0.1, -0.05) is 30.3 Å². The van der Waals surface area contributed by atoms with Crippen LogP contribution >= 0.6 is 0 Å². The Kier molecular flexibility index (Phi) is 6.15. The molecule has 1 aliphatic rings. The molecule has 3 rings (SSSR count). The lowest BCUT2D eigenvalue weighted by atomic mass is 10.2. The molecule has 1 amide bonds. The largest absolute Gasteiger partial charge is 0.451 e. The van der Waals surface area contributed by atoms with E-state index in [2.05, 4.69) is 15.5 Å². The van der Waals surface area contributed by atoms with Gasteiger partial charge >= 0.3 is 5.97 Å². The monoisotopic (exact) mass is 385 g/mol. The van der Waals surface area contributed by atoms with Crippen LogP contribution in [0.2, 0.25) is 0 Å². The summed E-state index contributed by atoms with van der Waals surface area (Å²) in [7, 11) is 0. The van der Waals surface area contributed by atoms with Crippen LogP contribution in [0.5, 0.6) is 0 Å². The van der Waals surface area contributed by atoms with E-state index in [0.717, 1.165) is 5.56 Å². The molecule has 0 N–H and O–H groups in total. The molecule has 1 aromatic heterocycles. The highest BCUT2D eigenvalue weighted by Crippen LogP contribution is 2.15. The van der Waals surface area contributed by atoms with Crippen molar-refractivity contribution in [2.75, 3.05) is 19.7 Å². The quantitative estimate of drug-likeness (QED) is 0.562. The van der Waals surface area contributed by atoms with Crippen LogP contribution in [0.4, 0.5) is 0 Å². The molecule has 9 nitrogen and oxygen atoms in total. The zero-order chi connectivity index (χ0) is 20.1. The van der Waals surface area contributed by atoms with Gasteiger partial charge in [-0.2, -0.15) is 4.68 Å². The smallest absolute Gasteiger partial charge is 0.357 e. The van der Waals surface area contributed by atoms with E-state index in [0.29, 0.717) is 18.9 Å². The van der Waals surface area contributed by atoms with E-state index in [1.807, 2.05) is 44.2 Å². The first-order valence-electron chi connectivity index (χ1n) is 9.06. The highest BCUT2D eigenvalue weighted by atomic mass is 16.5. The van der Waals surface area contributed by atoms with Gasteiger partial charge in [-0.3, -0.25) is 4.79 Å². The predicted octanol–water partition coefficient (Wildman–Crippen LogP) is 1.16. The van der Waals surface area contributed by atoms with E-state index in [1.54, 1.807) is 17.9 Å². The van der Waals surface area contributed by atoms with E-state index in [9.17, 15) is 9.59 Å². The van der Waals surface area contributed by atoms with Crippen molar-refractivity contribution < 1.29 is 19.1 Å². The van der Waals surface area contributed by atoms with Gasteiger partial charge in [0.1, 0.15) is 0 Å². The number of amides is 1. The van der Waals surface area contributed by atoms with E-state index in [1.165, 1.54) is 4.68 Å². The fourth-order valence-corrected chi connectivity index (χ4v) is 3.04. The molecule has 0 aliphatic carbocycles. The molecular weight excluding hydrogens is 362 g/mol. The third kappa shape index (κ3) is 4.80. The highest BCUT2D eigenvalue weighted by molar-refractivity contribution is 6.15. The first kappa shape index (κ1) is 19.7. The second-order valence-electron chi connectivity index (χ2n) is 6.71. The Morgan fingerprint density at radius 2 is 1.89 bits per heavy atom. The van der Waals surface area contributed by atoms with Crippen LogP contribution in [0.25, 0.3) is 11.8 Å². The van der Waals surface area contributed by atoms with E-state index in [4.69, 9.17) is 9.47 Å². The number of rotatable bonds is 5. The number of morpholine rings is 1. The fourth-order valence-electron chi connectivity index (χ4n) is 3.04. The predicted molar refractivity (Wildman–Crippen MR) is 101 cm³/mol. The number of ether oxygens (including phenoxy) is 2. The number of aryl methyl sites for hydroxylation is 1. The summed E-state index contributed by atoms with van der Waals surface area (Å²) in [6.45, 7) is 6.07. The molecule has 2 atom stereocenters. The van der Waals surface area contributed by atoms with Gasteiger partial charge in [-0.25, -0.2) is 4.79 Å². The van der Waals surface area contributed by atoms with E-state index in [-0.39, 0.29) is 30.4 Å². The van der Waals surface area contributed by atoms with Crippen LogP contribution in [0.1, 0.15) is 25.2 Å². The van der Waals surface area contributed by atoms with Gasteiger partial charge in [0.2, 0.25) is 0 Å². The average Bonchev–Trinajstić information content (AvgIpc) is 3.09. The summed E-state index contributed by atoms with van der Waals surface area (Å²) < 4.78 is 12.2. The van der Waals surface area contributed by atoms with Crippen molar-refractivity contribution in [3.63, 3.8) is 0 Å². The van der Waals surface area contributed by atoms with Crippen LogP contribution in [0.3, 0.4) is 0 Å². The molecule has 1 aromatic carbocycles. The number of benzene rings is 1. The van der Waals surface area contributed by atoms with Gasteiger partial charge in [0.05, 0.1) is 12.2 Å². The number of hydrogen-bond acceptors (Lipinski definition) is 7. The Bertz CT molecular complexity index is 854. The summed E-state index contributed by atoms with van der Waals surface area (Å²) in [5.74, 6) is -0.508. The molecular formula is C19H23N5O4. The molecule has 1 aliphatic heterocycles. The number of carbonyl (C=O) groups is 2. The standard InChI is InChI=1S/C19H23N5O4/c1-13-10-23(11-14(2)28-13)18(25)12-27-19(26)17(24-15(3)20-21-22-24)9-16-7-5-4-6-8-16/h4-9,13-14H,10-12H2,1-3H3/b17-9-/t13-,14+. The van der Waals surface area contributed by atoms with Crippen molar-refractivity contribution in [1.29, 1.82) is 0 Å². The molecule has 0 spiro atoms. The Morgan fingerprint density at radius 3 is 2.50 bits per heavy atom. The third-order valence-corrected chi connectivity index (χ3v) is 4.26. The Labute approximate surface area is 162 Å². The summed E-state index contributed by atoms with van der Waals surface area (Å²) in [5.41, 5.74) is 0.914. The minimum atomic E-state index is -0.679. The molecule has 0 unspecified atom stereocenters. The van der Waals surface area contributed by atoms with Gasteiger partial charge in [0, 0.05) is 13.1 Å². The number of esters is 1. The van der Waals surface area contributed by atoms with Crippen molar-refractivity contribution in [2.45, 2.75) is 33.0 Å². The molecule has 1 fully saturated rings. The Balaban J connectivity index is 1.73. The van der Waals surface area contributed by atoms with Crippen LogP contribution in [0.15, 0.2) is 30.3 Å². The lowest BCUT2D eigenvalue weighted by Gasteiger charge is -2.35. The van der Waals surface area contributed by atoms with Crippen LogP contribution in [-0.2, 0) is 19.1 Å². The maximum Gasteiger partial charge on any atom is 0.357 e. The van der Waals surface area contributed by atoms with Crippen LogP contribution in [-0.4, -0.2) is 68.9 Å². The topological polar surface area (TPSA) is 99.4 Å². The number of nitrogens with zero attached hydrogens (tertiary/aromatic N) is 5. The van der Waals surface area contributed by atoms with Crippen molar-refractivity contribution in [2.24, 2.45) is 0 Å². The second kappa shape index (κ2) is 8.75. The molecule has 28 heavy (non-hydrogen) atoms. The van der Waals surface area contributed by atoms with Gasteiger partial charge in [-0.15, -0.1) is 5.10 Å². The average molecular weight is 385 g/mol.